The monoisotopic (exact) mass is 250 g/mol. The van der Waals surface area contributed by atoms with E-state index in [1.54, 1.807) is 19.1 Å². The van der Waals surface area contributed by atoms with E-state index in [-0.39, 0.29) is 16.0 Å². The van der Waals surface area contributed by atoms with E-state index < -0.39 is 0 Å². The van der Waals surface area contributed by atoms with Gasteiger partial charge in [0.2, 0.25) is 0 Å². The standard InChI is InChI=1S/C14H22N2O2/c1-10-8-12(6-7-13(10)16(17)18)15-9-11(2)14(3,4)5/h6-8,11,15H,9H2,1-5H3. The fourth-order valence-corrected chi connectivity index (χ4v) is 1.55. The fourth-order valence-electron chi connectivity index (χ4n) is 1.55. The van der Waals surface area contributed by atoms with Crippen LogP contribution in [0.3, 0.4) is 0 Å². The molecule has 0 aromatic heterocycles. The van der Waals surface area contributed by atoms with Gasteiger partial charge in [0.1, 0.15) is 0 Å². The molecule has 0 heterocycles. The van der Waals surface area contributed by atoms with Gasteiger partial charge in [-0.05, 0) is 30.4 Å². The number of nitro benzene ring substituents is 1. The molecule has 4 heteroatoms. The molecule has 0 saturated heterocycles. The number of nitrogens with zero attached hydrogens (tertiary/aromatic N) is 1. The van der Waals surface area contributed by atoms with E-state index in [1.807, 2.05) is 6.07 Å². The van der Waals surface area contributed by atoms with Crippen LogP contribution in [0.2, 0.25) is 0 Å². The Hall–Kier alpha value is -1.58. The normalized spacial score (nSPS) is 13.2. The summed E-state index contributed by atoms with van der Waals surface area (Å²) in [4.78, 5) is 10.4. The highest BCUT2D eigenvalue weighted by molar-refractivity contribution is 5.53. The molecule has 0 bridgehead atoms. The second-order valence-corrected chi connectivity index (χ2v) is 5.91. The van der Waals surface area contributed by atoms with Crippen LogP contribution < -0.4 is 5.32 Å². The van der Waals surface area contributed by atoms with Gasteiger partial charge in [-0.25, -0.2) is 0 Å². The molecule has 0 radical (unpaired) electrons. The second kappa shape index (κ2) is 5.38. The van der Waals surface area contributed by atoms with Crippen molar-refractivity contribution in [3.63, 3.8) is 0 Å². The van der Waals surface area contributed by atoms with Crippen LogP contribution in [0.1, 0.15) is 33.3 Å². The van der Waals surface area contributed by atoms with Crippen LogP contribution in [0.15, 0.2) is 18.2 Å². The number of nitro groups is 1. The molecule has 0 spiro atoms. The van der Waals surface area contributed by atoms with Gasteiger partial charge in [-0.2, -0.15) is 0 Å². The zero-order chi connectivity index (χ0) is 13.9. The number of anilines is 1. The van der Waals surface area contributed by atoms with Gasteiger partial charge in [0.05, 0.1) is 4.92 Å². The van der Waals surface area contributed by atoms with Gasteiger partial charge in [0.25, 0.3) is 5.69 Å². The van der Waals surface area contributed by atoms with Crippen molar-refractivity contribution in [2.24, 2.45) is 11.3 Å². The Bertz CT molecular complexity index is 436. The maximum atomic E-state index is 10.7. The topological polar surface area (TPSA) is 55.2 Å². The molecular weight excluding hydrogens is 228 g/mol. The Morgan fingerprint density at radius 1 is 1.39 bits per heavy atom. The average molecular weight is 250 g/mol. The summed E-state index contributed by atoms with van der Waals surface area (Å²) in [5, 5.41) is 14.1. The molecular formula is C14H22N2O2. The molecule has 4 nitrogen and oxygen atoms in total. The van der Waals surface area contributed by atoms with Crippen molar-refractivity contribution < 1.29 is 4.92 Å². The molecule has 1 aromatic rings. The lowest BCUT2D eigenvalue weighted by molar-refractivity contribution is -0.385. The Balaban J connectivity index is 2.70. The molecule has 0 amide bonds. The molecule has 1 atom stereocenters. The minimum absolute atomic E-state index is 0.171. The lowest BCUT2D eigenvalue weighted by Gasteiger charge is -2.27. The third-order valence-corrected chi connectivity index (χ3v) is 3.48. The highest BCUT2D eigenvalue weighted by Crippen LogP contribution is 2.26. The molecule has 1 aromatic carbocycles. The highest BCUT2D eigenvalue weighted by Gasteiger charge is 2.19. The summed E-state index contributed by atoms with van der Waals surface area (Å²) in [5.74, 6) is 0.521. The van der Waals surface area contributed by atoms with Crippen molar-refractivity contribution >= 4 is 11.4 Å². The highest BCUT2D eigenvalue weighted by atomic mass is 16.6. The first kappa shape index (κ1) is 14.5. The molecule has 0 aliphatic heterocycles. The van der Waals surface area contributed by atoms with E-state index >= 15 is 0 Å². The quantitative estimate of drug-likeness (QED) is 0.649. The minimum Gasteiger partial charge on any atom is -0.385 e. The molecule has 1 rings (SSSR count). The van der Waals surface area contributed by atoms with Crippen molar-refractivity contribution in [1.82, 2.24) is 0 Å². The van der Waals surface area contributed by atoms with Gasteiger partial charge in [0.15, 0.2) is 0 Å². The van der Waals surface area contributed by atoms with Crippen molar-refractivity contribution in [2.45, 2.75) is 34.6 Å². The number of rotatable bonds is 4. The van der Waals surface area contributed by atoms with Gasteiger partial charge >= 0.3 is 0 Å². The summed E-state index contributed by atoms with van der Waals surface area (Å²) in [6.07, 6.45) is 0. The number of aryl methyl sites for hydroxylation is 1. The molecule has 1 N–H and O–H groups in total. The van der Waals surface area contributed by atoms with E-state index in [0.29, 0.717) is 11.5 Å². The molecule has 18 heavy (non-hydrogen) atoms. The van der Waals surface area contributed by atoms with E-state index in [2.05, 4.69) is 33.0 Å². The predicted octanol–water partition coefficient (Wildman–Crippen LogP) is 4.00. The van der Waals surface area contributed by atoms with Crippen molar-refractivity contribution in [2.75, 3.05) is 11.9 Å². The third kappa shape index (κ3) is 3.72. The van der Waals surface area contributed by atoms with Crippen molar-refractivity contribution in [3.05, 3.63) is 33.9 Å². The van der Waals surface area contributed by atoms with Crippen LogP contribution in [0.4, 0.5) is 11.4 Å². The molecule has 0 aliphatic rings. The largest absolute Gasteiger partial charge is 0.385 e. The SMILES string of the molecule is Cc1cc(NCC(C)C(C)(C)C)ccc1[N+](=O)[O-]. The van der Waals surface area contributed by atoms with Crippen LogP contribution >= 0.6 is 0 Å². The molecule has 0 saturated carbocycles. The summed E-state index contributed by atoms with van der Waals surface area (Å²) < 4.78 is 0. The fraction of sp³-hybridized carbons (Fsp3) is 0.571. The smallest absolute Gasteiger partial charge is 0.272 e. The molecule has 1 unspecified atom stereocenters. The summed E-state index contributed by atoms with van der Waals surface area (Å²) in [6, 6.07) is 5.15. The Labute approximate surface area is 109 Å². The number of benzene rings is 1. The number of hydrogen-bond donors (Lipinski definition) is 1. The maximum absolute atomic E-state index is 10.7. The van der Waals surface area contributed by atoms with Gasteiger partial charge in [-0.3, -0.25) is 10.1 Å². The Kier molecular flexibility index (Phi) is 4.33. The minimum atomic E-state index is -0.350. The van der Waals surface area contributed by atoms with Gasteiger partial charge in [-0.1, -0.05) is 27.7 Å². The van der Waals surface area contributed by atoms with Gasteiger partial charge < -0.3 is 5.32 Å². The zero-order valence-electron chi connectivity index (χ0n) is 11.8. The first-order valence-corrected chi connectivity index (χ1v) is 6.20. The second-order valence-electron chi connectivity index (χ2n) is 5.91. The van der Waals surface area contributed by atoms with Crippen LogP contribution in [0.5, 0.6) is 0 Å². The number of nitrogens with one attached hydrogen (secondary N) is 1. The summed E-state index contributed by atoms with van der Waals surface area (Å²) in [7, 11) is 0. The first-order chi connectivity index (χ1) is 8.21. The molecule has 0 fully saturated rings. The van der Waals surface area contributed by atoms with Crippen LogP contribution in [0, 0.1) is 28.4 Å². The van der Waals surface area contributed by atoms with Gasteiger partial charge in [-0.15, -0.1) is 0 Å². The Morgan fingerprint density at radius 2 is 2.00 bits per heavy atom. The summed E-state index contributed by atoms with van der Waals surface area (Å²) >= 11 is 0. The van der Waals surface area contributed by atoms with Crippen molar-refractivity contribution in [1.29, 1.82) is 0 Å². The lowest BCUT2D eigenvalue weighted by atomic mass is 9.82. The van der Waals surface area contributed by atoms with Crippen LogP contribution in [-0.4, -0.2) is 11.5 Å². The lowest BCUT2D eigenvalue weighted by Crippen LogP contribution is -2.24. The predicted molar refractivity (Wildman–Crippen MR) is 74.9 cm³/mol. The van der Waals surface area contributed by atoms with Crippen LogP contribution in [-0.2, 0) is 0 Å². The van der Waals surface area contributed by atoms with Gasteiger partial charge in [0, 0.05) is 23.9 Å². The number of hydrogen-bond acceptors (Lipinski definition) is 3. The summed E-state index contributed by atoms with van der Waals surface area (Å²) in [6.45, 7) is 11.4. The zero-order valence-corrected chi connectivity index (χ0v) is 11.8. The van der Waals surface area contributed by atoms with E-state index in [9.17, 15) is 10.1 Å². The van der Waals surface area contributed by atoms with Crippen molar-refractivity contribution in [3.8, 4) is 0 Å². The van der Waals surface area contributed by atoms with E-state index in [0.717, 1.165) is 12.2 Å². The van der Waals surface area contributed by atoms with E-state index in [4.69, 9.17) is 0 Å². The third-order valence-electron chi connectivity index (χ3n) is 3.48. The summed E-state index contributed by atoms with van der Waals surface area (Å²) in [5.41, 5.74) is 2.05. The first-order valence-electron chi connectivity index (χ1n) is 6.20. The molecule has 0 aliphatic carbocycles. The molecule has 100 valence electrons. The average Bonchev–Trinajstić information content (AvgIpc) is 2.24. The van der Waals surface area contributed by atoms with E-state index in [1.165, 1.54) is 0 Å². The maximum Gasteiger partial charge on any atom is 0.272 e. The Morgan fingerprint density at radius 3 is 2.44 bits per heavy atom. The van der Waals surface area contributed by atoms with Crippen LogP contribution in [0.25, 0.3) is 0 Å².